The molecule has 1 amide bonds. The lowest BCUT2D eigenvalue weighted by molar-refractivity contribution is -0.110. The van der Waals surface area contributed by atoms with E-state index in [1.165, 1.54) is 12.1 Å². The zero-order chi connectivity index (χ0) is 19.3. The second-order valence-electron chi connectivity index (χ2n) is 6.42. The number of carbonyl (C=O) groups excluding carboxylic acids is 1. The van der Waals surface area contributed by atoms with Crippen LogP contribution in [0.4, 0.5) is 5.82 Å². The fourth-order valence-electron chi connectivity index (χ4n) is 2.82. The molecule has 1 saturated carbocycles. The van der Waals surface area contributed by atoms with Crippen LogP contribution in [0.15, 0.2) is 58.7 Å². The van der Waals surface area contributed by atoms with Gasteiger partial charge in [0.1, 0.15) is 11.9 Å². The molecule has 27 heavy (non-hydrogen) atoms. The molecule has 1 aromatic heterocycles. The van der Waals surface area contributed by atoms with E-state index in [0.717, 1.165) is 31.9 Å². The van der Waals surface area contributed by atoms with Crippen molar-refractivity contribution in [3.63, 3.8) is 0 Å². The molecule has 0 saturated heterocycles. The first-order chi connectivity index (χ1) is 12.9. The number of nitrogens with one attached hydrogen (secondary N) is 1. The number of rotatable bonds is 6. The number of carbonyl (C=O) groups is 1. The predicted octanol–water partition coefficient (Wildman–Crippen LogP) is 2.79. The van der Waals surface area contributed by atoms with E-state index in [1.54, 1.807) is 36.5 Å². The van der Waals surface area contributed by atoms with Crippen LogP contribution in [-0.4, -0.2) is 37.4 Å². The molecule has 1 aliphatic carbocycles. The van der Waals surface area contributed by atoms with Crippen LogP contribution in [0.2, 0.25) is 0 Å². The van der Waals surface area contributed by atoms with E-state index in [-0.39, 0.29) is 16.7 Å². The summed E-state index contributed by atoms with van der Waals surface area (Å²) in [4.78, 5) is 22.5. The quantitative estimate of drug-likeness (QED) is 0.607. The van der Waals surface area contributed by atoms with Crippen molar-refractivity contribution in [2.75, 3.05) is 11.6 Å². The van der Waals surface area contributed by atoms with Crippen molar-refractivity contribution in [1.82, 2.24) is 4.98 Å². The molecule has 0 atom stereocenters. The summed E-state index contributed by atoms with van der Waals surface area (Å²) in [6.07, 6.45) is 6.68. The molecule has 1 heterocycles. The Morgan fingerprint density at radius 3 is 2.44 bits per heavy atom. The normalized spacial score (nSPS) is 15.5. The first-order valence-corrected chi connectivity index (χ1v) is 10.6. The smallest absolute Gasteiger partial charge is 0.279 e. The van der Waals surface area contributed by atoms with E-state index in [4.69, 9.17) is 4.84 Å². The average molecular weight is 387 g/mol. The number of amides is 1. The van der Waals surface area contributed by atoms with Gasteiger partial charge in [-0.15, -0.1) is 0 Å². The monoisotopic (exact) mass is 387 g/mol. The average Bonchev–Trinajstić information content (AvgIpc) is 3.16. The summed E-state index contributed by atoms with van der Waals surface area (Å²) >= 11 is 0. The zero-order valence-electron chi connectivity index (χ0n) is 15.0. The molecule has 0 aliphatic heterocycles. The topological polar surface area (TPSA) is 97.7 Å². The fourth-order valence-corrected chi connectivity index (χ4v) is 3.45. The van der Waals surface area contributed by atoms with Gasteiger partial charge in [0.25, 0.3) is 5.91 Å². The zero-order valence-corrected chi connectivity index (χ0v) is 15.8. The van der Waals surface area contributed by atoms with Crippen LogP contribution in [0.3, 0.4) is 0 Å². The Morgan fingerprint density at radius 2 is 1.85 bits per heavy atom. The number of anilines is 1. The van der Waals surface area contributed by atoms with Crippen molar-refractivity contribution >= 4 is 27.3 Å². The third-order valence-electron chi connectivity index (χ3n) is 4.27. The summed E-state index contributed by atoms with van der Waals surface area (Å²) in [6, 6.07) is 11.2. The van der Waals surface area contributed by atoms with Crippen LogP contribution >= 0.6 is 0 Å². The van der Waals surface area contributed by atoms with E-state index in [0.29, 0.717) is 11.4 Å². The van der Waals surface area contributed by atoms with Crippen LogP contribution in [0.25, 0.3) is 0 Å². The lowest BCUT2D eigenvalue weighted by Gasteiger charge is -2.11. The minimum Gasteiger partial charge on any atom is -0.392 e. The summed E-state index contributed by atoms with van der Waals surface area (Å²) in [5, 5.41) is 6.77. The van der Waals surface area contributed by atoms with Gasteiger partial charge in [-0.1, -0.05) is 23.4 Å². The van der Waals surface area contributed by atoms with Crippen LogP contribution in [-0.2, 0) is 19.5 Å². The molecule has 1 aromatic carbocycles. The van der Waals surface area contributed by atoms with Gasteiger partial charge >= 0.3 is 0 Å². The highest BCUT2D eigenvalue weighted by atomic mass is 32.2. The Kier molecular flexibility index (Phi) is 5.85. The molecule has 0 radical (unpaired) electrons. The highest BCUT2D eigenvalue weighted by Gasteiger charge is 2.20. The molecule has 2 aromatic rings. The van der Waals surface area contributed by atoms with Gasteiger partial charge in [0.2, 0.25) is 0 Å². The standard InChI is InChI=1S/C19H21N3O4S/c1-27(24,25)16-11-9-14(10-12-16)18(22-26-15-6-2-3-7-15)19(23)21-17-8-4-5-13-20-17/h4-5,8-13,15H,2-3,6-7H2,1H3,(H,20,21,23). The van der Waals surface area contributed by atoms with Crippen molar-refractivity contribution in [3.8, 4) is 0 Å². The van der Waals surface area contributed by atoms with Gasteiger partial charge in [0, 0.05) is 18.0 Å². The molecular formula is C19H21N3O4S. The van der Waals surface area contributed by atoms with Crippen molar-refractivity contribution in [3.05, 3.63) is 54.2 Å². The Balaban J connectivity index is 1.86. The number of aromatic nitrogens is 1. The predicted molar refractivity (Wildman–Crippen MR) is 102 cm³/mol. The molecule has 7 nitrogen and oxygen atoms in total. The first kappa shape index (κ1) is 19.0. The number of nitrogens with zero attached hydrogens (tertiary/aromatic N) is 2. The lowest BCUT2D eigenvalue weighted by atomic mass is 10.1. The summed E-state index contributed by atoms with van der Waals surface area (Å²) in [5.74, 6) is -0.0809. The Labute approximate surface area is 158 Å². The largest absolute Gasteiger partial charge is 0.392 e. The molecule has 0 bridgehead atoms. The van der Waals surface area contributed by atoms with Gasteiger partial charge in [-0.2, -0.15) is 0 Å². The Morgan fingerprint density at radius 1 is 1.15 bits per heavy atom. The maximum Gasteiger partial charge on any atom is 0.279 e. The van der Waals surface area contributed by atoms with Crippen molar-refractivity contribution in [1.29, 1.82) is 0 Å². The van der Waals surface area contributed by atoms with E-state index < -0.39 is 15.7 Å². The fraction of sp³-hybridized carbons (Fsp3) is 0.316. The second kappa shape index (κ2) is 8.30. The molecule has 142 valence electrons. The molecular weight excluding hydrogens is 366 g/mol. The molecule has 3 rings (SSSR count). The summed E-state index contributed by atoms with van der Waals surface area (Å²) in [5.41, 5.74) is 0.543. The van der Waals surface area contributed by atoms with Gasteiger partial charge in [0.15, 0.2) is 15.5 Å². The highest BCUT2D eigenvalue weighted by molar-refractivity contribution is 7.90. The van der Waals surface area contributed by atoms with Gasteiger partial charge in [-0.05, 0) is 49.9 Å². The maximum absolute atomic E-state index is 12.7. The third kappa shape index (κ3) is 5.13. The minimum atomic E-state index is -3.32. The summed E-state index contributed by atoms with van der Waals surface area (Å²) in [6.45, 7) is 0. The number of sulfone groups is 1. The van der Waals surface area contributed by atoms with E-state index in [2.05, 4.69) is 15.5 Å². The lowest BCUT2D eigenvalue weighted by Crippen LogP contribution is -2.25. The highest BCUT2D eigenvalue weighted by Crippen LogP contribution is 2.21. The Hall–Kier alpha value is -2.74. The van der Waals surface area contributed by atoms with E-state index >= 15 is 0 Å². The van der Waals surface area contributed by atoms with Crippen molar-refractivity contribution in [2.24, 2.45) is 5.16 Å². The second-order valence-corrected chi connectivity index (χ2v) is 8.43. The minimum absolute atomic E-state index is 0.00190. The molecule has 8 heteroatoms. The molecule has 0 unspecified atom stereocenters. The first-order valence-electron chi connectivity index (χ1n) is 8.70. The maximum atomic E-state index is 12.7. The van der Waals surface area contributed by atoms with Gasteiger partial charge < -0.3 is 10.2 Å². The molecule has 1 aliphatic rings. The SMILES string of the molecule is CS(=O)(=O)c1ccc(C(=NOC2CCCC2)C(=O)Nc2ccccn2)cc1. The molecule has 0 spiro atoms. The molecule has 1 N–H and O–H groups in total. The van der Waals surface area contributed by atoms with Crippen LogP contribution in [0.1, 0.15) is 31.2 Å². The van der Waals surface area contributed by atoms with Crippen molar-refractivity contribution in [2.45, 2.75) is 36.7 Å². The number of benzene rings is 1. The molecule has 1 fully saturated rings. The number of hydrogen-bond acceptors (Lipinski definition) is 6. The van der Waals surface area contributed by atoms with Crippen LogP contribution in [0.5, 0.6) is 0 Å². The third-order valence-corrected chi connectivity index (χ3v) is 5.40. The van der Waals surface area contributed by atoms with Crippen LogP contribution < -0.4 is 5.32 Å². The number of oxime groups is 1. The van der Waals surface area contributed by atoms with E-state index in [9.17, 15) is 13.2 Å². The van der Waals surface area contributed by atoms with Crippen LogP contribution in [0, 0.1) is 0 Å². The summed E-state index contributed by atoms with van der Waals surface area (Å²) < 4.78 is 23.3. The van der Waals surface area contributed by atoms with Gasteiger partial charge in [-0.3, -0.25) is 4.79 Å². The van der Waals surface area contributed by atoms with Gasteiger partial charge in [-0.25, -0.2) is 13.4 Å². The van der Waals surface area contributed by atoms with Crippen molar-refractivity contribution < 1.29 is 18.0 Å². The summed E-state index contributed by atoms with van der Waals surface area (Å²) in [7, 11) is -3.32. The number of hydrogen-bond donors (Lipinski definition) is 1. The number of pyridine rings is 1. The Bertz CT molecular complexity index is 919. The van der Waals surface area contributed by atoms with E-state index in [1.807, 2.05) is 0 Å². The van der Waals surface area contributed by atoms with Gasteiger partial charge in [0.05, 0.1) is 4.90 Å².